The average Bonchev–Trinajstić information content (AvgIpc) is 2.81. The van der Waals surface area contributed by atoms with E-state index in [1.165, 1.54) is 17.6 Å². The molecule has 0 radical (unpaired) electrons. The summed E-state index contributed by atoms with van der Waals surface area (Å²) in [4.78, 5) is 19.3. The molecule has 2 aromatic rings. The van der Waals surface area contributed by atoms with Crippen molar-refractivity contribution in [3.8, 4) is 5.75 Å². The molecule has 118 valence electrons. The molecule has 2 heterocycles. The van der Waals surface area contributed by atoms with Crippen LogP contribution in [0.3, 0.4) is 0 Å². The van der Waals surface area contributed by atoms with Gasteiger partial charge in [-0.15, -0.1) is 11.3 Å². The van der Waals surface area contributed by atoms with Crippen LogP contribution in [0.5, 0.6) is 5.75 Å². The van der Waals surface area contributed by atoms with Crippen molar-refractivity contribution in [2.24, 2.45) is 0 Å². The zero-order chi connectivity index (χ0) is 16.3. The minimum Gasteiger partial charge on any atom is -0.506 e. The number of carbonyl (C=O) groups excluding carboxylic acids is 1. The number of aromatic nitrogens is 2. The van der Waals surface area contributed by atoms with E-state index in [1.54, 1.807) is 6.92 Å². The lowest BCUT2D eigenvalue weighted by Gasteiger charge is -2.19. The van der Waals surface area contributed by atoms with E-state index in [2.05, 4.69) is 9.97 Å². The van der Waals surface area contributed by atoms with Gasteiger partial charge in [-0.05, 0) is 18.6 Å². The van der Waals surface area contributed by atoms with Crippen LogP contribution in [0, 0.1) is 6.92 Å². The molecular formula is C13H12F3N3O2S. The Balaban J connectivity index is 2.12. The smallest absolute Gasteiger partial charge is 0.415 e. The Hall–Kier alpha value is -2.16. The number of hydrogen-bond acceptors (Lipinski definition) is 5. The molecule has 2 aromatic heterocycles. The Kier molecular flexibility index (Phi) is 4.65. The second-order valence-corrected chi connectivity index (χ2v) is 5.49. The number of amides is 1. The highest BCUT2D eigenvalue weighted by atomic mass is 32.1. The van der Waals surface area contributed by atoms with E-state index >= 15 is 0 Å². The van der Waals surface area contributed by atoms with E-state index in [4.69, 9.17) is 0 Å². The topological polar surface area (TPSA) is 75.1 Å². The van der Waals surface area contributed by atoms with Gasteiger partial charge in [0, 0.05) is 17.3 Å². The molecule has 0 aliphatic heterocycles. The molecule has 0 aliphatic carbocycles. The summed E-state index contributed by atoms with van der Waals surface area (Å²) in [6, 6.07) is -0.883. The Morgan fingerprint density at radius 3 is 2.73 bits per heavy atom. The number of pyridine rings is 1. The number of halogens is 3. The van der Waals surface area contributed by atoms with Crippen LogP contribution in [-0.4, -0.2) is 27.2 Å². The molecule has 1 atom stereocenters. The van der Waals surface area contributed by atoms with Gasteiger partial charge in [0.05, 0.1) is 12.6 Å². The van der Waals surface area contributed by atoms with Gasteiger partial charge in [-0.3, -0.25) is 9.78 Å². The maximum absolute atomic E-state index is 13.1. The molecule has 9 heteroatoms. The highest BCUT2D eigenvalue weighted by molar-refractivity contribution is 7.09. The van der Waals surface area contributed by atoms with Gasteiger partial charge < -0.3 is 10.4 Å². The van der Waals surface area contributed by atoms with Crippen molar-refractivity contribution < 1.29 is 23.1 Å². The first kappa shape index (κ1) is 16.2. The van der Waals surface area contributed by atoms with Crippen LogP contribution in [0.2, 0.25) is 0 Å². The molecule has 2 N–H and O–H groups in total. The molecule has 0 fully saturated rings. The largest absolute Gasteiger partial charge is 0.506 e. The third kappa shape index (κ3) is 4.17. The zero-order valence-corrected chi connectivity index (χ0v) is 12.2. The van der Waals surface area contributed by atoms with Gasteiger partial charge in [0.2, 0.25) is 5.91 Å². The van der Waals surface area contributed by atoms with Crippen LogP contribution in [-0.2, 0) is 11.2 Å². The quantitative estimate of drug-likeness (QED) is 0.903. The van der Waals surface area contributed by atoms with E-state index < -0.39 is 18.1 Å². The van der Waals surface area contributed by atoms with Crippen molar-refractivity contribution in [2.75, 3.05) is 0 Å². The third-order valence-corrected chi connectivity index (χ3v) is 3.69. The number of thiazole rings is 1. The van der Waals surface area contributed by atoms with Crippen molar-refractivity contribution >= 4 is 17.2 Å². The Bertz CT molecular complexity index is 673. The lowest BCUT2D eigenvalue weighted by Crippen LogP contribution is -2.38. The standard InChI is InChI=1S/C13H12F3N3O2S/c1-7-6-22-12(18-7)11(13(14,15)16)19-10(21)3-8-2-9(20)5-17-4-8/h2,4-6,11,20H,3H2,1H3,(H,19,21)/t11-/m1/s1. The maximum atomic E-state index is 13.1. The third-order valence-electron chi connectivity index (χ3n) is 2.66. The van der Waals surface area contributed by atoms with E-state index in [9.17, 15) is 23.1 Å². The van der Waals surface area contributed by atoms with Crippen LogP contribution in [0.15, 0.2) is 23.8 Å². The number of aromatic hydroxyl groups is 1. The Morgan fingerprint density at radius 2 is 2.18 bits per heavy atom. The molecular weight excluding hydrogens is 319 g/mol. The molecule has 0 saturated heterocycles. The predicted molar refractivity (Wildman–Crippen MR) is 73.4 cm³/mol. The Morgan fingerprint density at radius 1 is 1.45 bits per heavy atom. The first-order valence-corrected chi connectivity index (χ1v) is 7.04. The van der Waals surface area contributed by atoms with Crippen LogP contribution in [0.4, 0.5) is 13.2 Å². The Labute approximate surface area is 127 Å². The SMILES string of the molecule is Cc1csc([C@@H](NC(=O)Cc2cncc(O)c2)C(F)(F)F)n1. The molecule has 0 aliphatic rings. The summed E-state index contributed by atoms with van der Waals surface area (Å²) < 4.78 is 39.2. The number of aryl methyl sites for hydroxylation is 1. The molecule has 0 spiro atoms. The molecule has 0 bridgehead atoms. The summed E-state index contributed by atoms with van der Waals surface area (Å²) in [6.07, 6.45) is -2.50. The van der Waals surface area contributed by atoms with Crippen LogP contribution in [0.1, 0.15) is 22.3 Å². The van der Waals surface area contributed by atoms with Gasteiger partial charge in [-0.2, -0.15) is 13.2 Å². The minimum absolute atomic E-state index is 0.159. The molecule has 1 amide bonds. The molecule has 0 unspecified atom stereocenters. The molecule has 0 saturated carbocycles. The van der Waals surface area contributed by atoms with Crippen LogP contribution >= 0.6 is 11.3 Å². The van der Waals surface area contributed by atoms with Crippen molar-refractivity contribution in [1.29, 1.82) is 0 Å². The number of nitrogens with one attached hydrogen (secondary N) is 1. The summed E-state index contributed by atoms with van der Waals surface area (Å²) >= 11 is 0.837. The second kappa shape index (κ2) is 6.30. The number of rotatable bonds is 4. The van der Waals surface area contributed by atoms with Crippen LogP contribution < -0.4 is 5.32 Å². The van der Waals surface area contributed by atoms with Crippen molar-refractivity contribution in [3.05, 3.63) is 40.1 Å². The van der Waals surface area contributed by atoms with Gasteiger partial charge in [-0.1, -0.05) is 0 Å². The summed E-state index contributed by atoms with van der Waals surface area (Å²) in [5.74, 6) is -0.990. The maximum Gasteiger partial charge on any atom is 0.415 e. The number of alkyl halides is 3. The molecule has 5 nitrogen and oxygen atoms in total. The van der Waals surface area contributed by atoms with Crippen LogP contribution in [0.25, 0.3) is 0 Å². The number of hydrogen-bond donors (Lipinski definition) is 2. The normalized spacial score (nSPS) is 12.9. The van der Waals surface area contributed by atoms with E-state index in [0.29, 0.717) is 11.3 Å². The fourth-order valence-electron chi connectivity index (χ4n) is 1.76. The lowest BCUT2D eigenvalue weighted by atomic mass is 10.2. The van der Waals surface area contributed by atoms with Gasteiger partial charge in [0.1, 0.15) is 10.8 Å². The van der Waals surface area contributed by atoms with E-state index in [0.717, 1.165) is 17.5 Å². The highest BCUT2D eigenvalue weighted by Gasteiger charge is 2.43. The van der Waals surface area contributed by atoms with Crippen molar-refractivity contribution in [1.82, 2.24) is 15.3 Å². The van der Waals surface area contributed by atoms with Crippen molar-refractivity contribution in [3.63, 3.8) is 0 Å². The first-order valence-electron chi connectivity index (χ1n) is 6.16. The fraction of sp³-hybridized carbons (Fsp3) is 0.308. The summed E-state index contributed by atoms with van der Waals surface area (Å²) in [7, 11) is 0. The highest BCUT2D eigenvalue weighted by Crippen LogP contribution is 2.34. The summed E-state index contributed by atoms with van der Waals surface area (Å²) in [5, 5.41) is 12.4. The molecule has 2 rings (SSSR count). The van der Waals surface area contributed by atoms with Gasteiger partial charge >= 0.3 is 6.18 Å². The minimum atomic E-state index is -4.64. The summed E-state index contributed by atoms with van der Waals surface area (Å²) in [6.45, 7) is 1.58. The zero-order valence-electron chi connectivity index (χ0n) is 11.4. The average molecular weight is 331 g/mol. The van der Waals surface area contributed by atoms with Gasteiger partial charge in [-0.25, -0.2) is 4.98 Å². The predicted octanol–water partition coefficient (Wildman–Crippen LogP) is 2.51. The van der Waals surface area contributed by atoms with Crippen molar-refractivity contribution in [2.45, 2.75) is 25.6 Å². The first-order chi connectivity index (χ1) is 10.3. The van der Waals surface area contributed by atoms with Gasteiger partial charge in [0.25, 0.3) is 0 Å². The summed E-state index contributed by atoms with van der Waals surface area (Å²) in [5.41, 5.74) is 0.773. The fourth-order valence-corrected chi connectivity index (χ4v) is 2.63. The molecule has 0 aromatic carbocycles. The van der Waals surface area contributed by atoms with E-state index in [-0.39, 0.29) is 17.2 Å². The van der Waals surface area contributed by atoms with E-state index in [1.807, 2.05) is 5.32 Å². The second-order valence-electron chi connectivity index (χ2n) is 4.60. The van der Waals surface area contributed by atoms with Gasteiger partial charge in [0.15, 0.2) is 6.04 Å². The monoisotopic (exact) mass is 331 g/mol. The lowest BCUT2D eigenvalue weighted by molar-refractivity contribution is -0.163. The molecule has 22 heavy (non-hydrogen) atoms. The number of nitrogens with zero attached hydrogens (tertiary/aromatic N) is 2. The number of carbonyl (C=O) groups is 1.